The number of hydrogen-bond acceptors (Lipinski definition) is 4. The van der Waals surface area contributed by atoms with Crippen molar-refractivity contribution in [3.8, 4) is 11.3 Å². The second kappa shape index (κ2) is 4.88. The number of nitrogens with one attached hydrogen (secondary N) is 1. The Balaban J connectivity index is 1.70. The molecule has 5 nitrogen and oxygen atoms in total. The summed E-state index contributed by atoms with van der Waals surface area (Å²) >= 11 is 0. The van der Waals surface area contributed by atoms with Gasteiger partial charge < -0.3 is 10.4 Å². The molecule has 0 radical (unpaired) electrons. The Kier molecular flexibility index (Phi) is 3.08. The van der Waals surface area contributed by atoms with Crippen LogP contribution in [0.5, 0.6) is 0 Å². The molecule has 0 aliphatic carbocycles. The number of aliphatic hydroxyl groups is 1. The predicted molar refractivity (Wildman–Crippen MR) is 67.9 cm³/mol. The lowest BCUT2D eigenvalue weighted by atomic mass is 10.2. The average molecular weight is 244 g/mol. The average Bonchev–Trinajstić information content (AvgIpc) is 3.01. The van der Waals surface area contributed by atoms with E-state index in [9.17, 15) is 5.11 Å². The van der Waals surface area contributed by atoms with Crippen molar-refractivity contribution in [2.24, 2.45) is 0 Å². The fraction of sp³-hybridized carbons (Fsp3) is 0.385. The second-order valence-corrected chi connectivity index (χ2v) is 4.69. The number of β-amino-alcohol motifs (C(OH)–C–C–N with tert-alkyl or cyclic N) is 1. The van der Waals surface area contributed by atoms with E-state index in [1.54, 1.807) is 0 Å². The summed E-state index contributed by atoms with van der Waals surface area (Å²) in [5.41, 5.74) is 1.96. The number of hydrogen-bond donors (Lipinski definition) is 2. The van der Waals surface area contributed by atoms with Crippen molar-refractivity contribution in [1.82, 2.24) is 20.3 Å². The minimum atomic E-state index is -0.230. The van der Waals surface area contributed by atoms with Gasteiger partial charge in [0.1, 0.15) is 5.69 Å². The van der Waals surface area contributed by atoms with Gasteiger partial charge >= 0.3 is 0 Å². The molecule has 0 unspecified atom stereocenters. The van der Waals surface area contributed by atoms with Gasteiger partial charge in [0.05, 0.1) is 18.8 Å². The van der Waals surface area contributed by atoms with Crippen LogP contribution in [0.15, 0.2) is 36.5 Å². The quantitative estimate of drug-likeness (QED) is 0.833. The van der Waals surface area contributed by atoms with E-state index in [1.807, 2.05) is 41.2 Å². The van der Waals surface area contributed by atoms with Gasteiger partial charge in [-0.3, -0.25) is 4.68 Å². The zero-order chi connectivity index (χ0) is 12.4. The van der Waals surface area contributed by atoms with E-state index in [0.29, 0.717) is 6.54 Å². The standard InChI is InChI=1S/C13H16N4O/c18-12-6-11(14-7-12)8-17-9-13(15-16-17)10-4-2-1-3-5-10/h1-5,9,11-12,14,18H,6-8H2/t11-,12+/m0/s1. The highest BCUT2D eigenvalue weighted by Crippen LogP contribution is 2.15. The maximum absolute atomic E-state index is 9.45. The summed E-state index contributed by atoms with van der Waals surface area (Å²) in [5, 5.41) is 21.0. The van der Waals surface area contributed by atoms with E-state index in [4.69, 9.17) is 0 Å². The molecule has 1 fully saturated rings. The second-order valence-electron chi connectivity index (χ2n) is 4.69. The summed E-state index contributed by atoms with van der Waals surface area (Å²) in [6, 6.07) is 10.3. The molecular weight excluding hydrogens is 228 g/mol. The van der Waals surface area contributed by atoms with Crippen molar-refractivity contribution in [1.29, 1.82) is 0 Å². The van der Waals surface area contributed by atoms with Gasteiger partial charge in [-0.15, -0.1) is 5.10 Å². The van der Waals surface area contributed by atoms with E-state index in [-0.39, 0.29) is 12.1 Å². The summed E-state index contributed by atoms with van der Waals surface area (Å²) in [4.78, 5) is 0. The molecule has 18 heavy (non-hydrogen) atoms. The molecule has 1 aliphatic heterocycles. The van der Waals surface area contributed by atoms with Gasteiger partial charge in [-0.25, -0.2) is 0 Å². The van der Waals surface area contributed by atoms with E-state index in [1.165, 1.54) is 0 Å². The van der Waals surface area contributed by atoms with Gasteiger partial charge in [0.15, 0.2) is 0 Å². The molecular formula is C13H16N4O. The summed E-state index contributed by atoms with van der Waals surface area (Å²) < 4.78 is 1.83. The van der Waals surface area contributed by atoms with Crippen LogP contribution in [0.2, 0.25) is 0 Å². The van der Waals surface area contributed by atoms with E-state index in [0.717, 1.165) is 24.2 Å². The molecule has 2 aromatic rings. The molecule has 0 spiro atoms. The van der Waals surface area contributed by atoms with Crippen LogP contribution in [0.1, 0.15) is 6.42 Å². The zero-order valence-electron chi connectivity index (χ0n) is 10.0. The Hall–Kier alpha value is -1.72. The molecule has 2 heterocycles. The van der Waals surface area contributed by atoms with Crippen LogP contribution in [-0.4, -0.2) is 38.8 Å². The largest absolute Gasteiger partial charge is 0.392 e. The third-order valence-electron chi connectivity index (χ3n) is 3.21. The number of benzene rings is 1. The Morgan fingerprint density at radius 2 is 2.17 bits per heavy atom. The van der Waals surface area contributed by atoms with Crippen molar-refractivity contribution in [3.63, 3.8) is 0 Å². The lowest BCUT2D eigenvalue weighted by Crippen LogP contribution is -2.26. The number of aromatic nitrogens is 3. The molecule has 0 amide bonds. The smallest absolute Gasteiger partial charge is 0.113 e. The van der Waals surface area contributed by atoms with Crippen LogP contribution in [0.4, 0.5) is 0 Å². The maximum Gasteiger partial charge on any atom is 0.113 e. The van der Waals surface area contributed by atoms with Gasteiger partial charge in [0, 0.05) is 18.2 Å². The van der Waals surface area contributed by atoms with Crippen LogP contribution in [0.25, 0.3) is 11.3 Å². The molecule has 5 heteroatoms. The number of nitrogens with zero attached hydrogens (tertiary/aromatic N) is 3. The van der Waals surface area contributed by atoms with Gasteiger partial charge in [-0.1, -0.05) is 35.5 Å². The van der Waals surface area contributed by atoms with E-state index >= 15 is 0 Å². The minimum absolute atomic E-state index is 0.230. The zero-order valence-corrected chi connectivity index (χ0v) is 10.0. The summed E-state index contributed by atoms with van der Waals surface area (Å²) in [6.45, 7) is 1.42. The first kappa shape index (κ1) is 11.4. The van der Waals surface area contributed by atoms with Crippen LogP contribution >= 0.6 is 0 Å². The SMILES string of the molecule is O[C@H]1CN[C@H](Cn2cc(-c3ccccc3)nn2)C1. The first-order valence-corrected chi connectivity index (χ1v) is 6.18. The van der Waals surface area contributed by atoms with Gasteiger partial charge in [0.25, 0.3) is 0 Å². The van der Waals surface area contributed by atoms with Gasteiger partial charge in [-0.05, 0) is 6.42 Å². The van der Waals surface area contributed by atoms with Crippen molar-refractivity contribution >= 4 is 0 Å². The summed E-state index contributed by atoms with van der Waals surface area (Å²) in [7, 11) is 0. The molecule has 0 saturated carbocycles. The van der Waals surface area contributed by atoms with Crippen LogP contribution < -0.4 is 5.32 Å². The first-order valence-electron chi connectivity index (χ1n) is 6.18. The van der Waals surface area contributed by atoms with Crippen molar-refractivity contribution in [3.05, 3.63) is 36.5 Å². The molecule has 1 saturated heterocycles. The number of rotatable bonds is 3. The van der Waals surface area contributed by atoms with Crippen LogP contribution in [0.3, 0.4) is 0 Å². The maximum atomic E-state index is 9.45. The highest BCUT2D eigenvalue weighted by molar-refractivity contribution is 5.57. The molecule has 1 aromatic heterocycles. The first-order chi connectivity index (χ1) is 8.81. The fourth-order valence-corrected chi connectivity index (χ4v) is 2.29. The van der Waals surface area contributed by atoms with E-state index < -0.39 is 0 Å². The third kappa shape index (κ3) is 2.42. The van der Waals surface area contributed by atoms with E-state index in [2.05, 4.69) is 15.6 Å². The normalized spacial score (nSPS) is 23.4. The Labute approximate surface area is 105 Å². The Morgan fingerprint density at radius 1 is 1.33 bits per heavy atom. The molecule has 1 aliphatic rings. The molecule has 3 rings (SSSR count). The fourth-order valence-electron chi connectivity index (χ4n) is 2.29. The van der Waals surface area contributed by atoms with Crippen molar-refractivity contribution in [2.75, 3.05) is 6.54 Å². The third-order valence-corrected chi connectivity index (χ3v) is 3.21. The minimum Gasteiger partial charge on any atom is -0.392 e. The van der Waals surface area contributed by atoms with Gasteiger partial charge in [0.2, 0.25) is 0 Å². The molecule has 2 atom stereocenters. The highest BCUT2D eigenvalue weighted by Gasteiger charge is 2.22. The molecule has 1 aromatic carbocycles. The summed E-state index contributed by atoms with van der Waals surface area (Å²) in [6.07, 6.45) is 2.49. The van der Waals surface area contributed by atoms with Crippen LogP contribution in [0, 0.1) is 0 Å². The monoisotopic (exact) mass is 244 g/mol. The summed E-state index contributed by atoms with van der Waals surface area (Å²) in [5.74, 6) is 0. The predicted octanol–water partition coefficient (Wildman–Crippen LogP) is 0.668. The molecule has 0 bridgehead atoms. The van der Waals surface area contributed by atoms with Crippen LogP contribution in [-0.2, 0) is 6.54 Å². The Morgan fingerprint density at radius 3 is 2.89 bits per heavy atom. The molecule has 2 N–H and O–H groups in total. The van der Waals surface area contributed by atoms with Crippen molar-refractivity contribution < 1.29 is 5.11 Å². The van der Waals surface area contributed by atoms with Gasteiger partial charge in [-0.2, -0.15) is 0 Å². The lowest BCUT2D eigenvalue weighted by molar-refractivity contribution is 0.192. The number of aliphatic hydroxyl groups excluding tert-OH is 1. The molecule has 94 valence electrons. The van der Waals surface area contributed by atoms with Crippen molar-refractivity contribution in [2.45, 2.75) is 25.1 Å². The Bertz CT molecular complexity index is 511. The topological polar surface area (TPSA) is 63.0 Å². The lowest BCUT2D eigenvalue weighted by Gasteiger charge is -2.08. The highest BCUT2D eigenvalue weighted by atomic mass is 16.3.